The molecule has 7 nitrogen and oxygen atoms in total. The standard InChI is InChI=1S/C14H21N3O4/c1-14(2,3)21-13(19)15-9-6-8(9)11-7-10(12(18)20-5)16-17(11)4/h7-9H,6H2,1-5H3,(H,15,19)/t8-,9-/m1/s1. The Balaban J connectivity index is 1.96. The molecule has 1 N–H and O–H groups in total. The van der Waals surface area contributed by atoms with E-state index in [-0.39, 0.29) is 17.7 Å². The molecule has 1 aliphatic carbocycles. The average Bonchev–Trinajstić information content (AvgIpc) is 2.98. The molecule has 0 unspecified atom stereocenters. The van der Waals surface area contributed by atoms with E-state index in [2.05, 4.69) is 15.2 Å². The molecule has 0 aromatic carbocycles. The number of methoxy groups -OCH3 is 1. The Kier molecular flexibility index (Phi) is 3.93. The van der Waals surface area contributed by atoms with Crippen molar-refractivity contribution >= 4 is 12.1 Å². The zero-order chi connectivity index (χ0) is 15.8. The number of esters is 1. The van der Waals surface area contributed by atoms with Crippen LogP contribution in [0.1, 0.15) is 49.3 Å². The third-order valence-electron chi connectivity index (χ3n) is 3.18. The normalized spacial score (nSPS) is 20.8. The van der Waals surface area contributed by atoms with E-state index >= 15 is 0 Å². The first-order valence-electron chi connectivity index (χ1n) is 6.83. The van der Waals surface area contributed by atoms with E-state index in [4.69, 9.17) is 4.74 Å². The van der Waals surface area contributed by atoms with Gasteiger partial charge in [0.1, 0.15) is 5.60 Å². The quantitative estimate of drug-likeness (QED) is 0.856. The maximum absolute atomic E-state index is 11.7. The molecule has 1 saturated carbocycles. The van der Waals surface area contributed by atoms with Crippen LogP contribution in [0, 0.1) is 0 Å². The number of hydrogen-bond donors (Lipinski definition) is 1. The lowest BCUT2D eigenvalue weighted by atomic mass is 10.2. The van der Waals surface area contributed by atoms with Crippen LogP contribution in [0.3, 0.4) is 0 Å². The Morgan fingerprint density at radius 2 is 2.10 bits per heavy atom. The molecular formula is C14H21N3O4. The smallest absolute Gasteiger partial charge is 0.407 e. The van der Waals surface area contributed by atoms with Crippen molar-refractivity contribution < 1.29 is 19.1 Å². The van der Waals surface area contributed by atoms with Crippen LogP contribution in [0.15, 0.2) is 6.07 Å². The molecule has 1 fully saturated rings. The lowest BCUT2D eigenvalue weighted by Crippen LogP contribution is -2.34. The summed E-state index contributed by atoms with van der Waals surface area (Å²) in [5, 5.41) is 6.93. The first-order chi connectivity index (χ1) is 9.71. The van der Waals surface area contributed by atoms with E-state index in [1.54, 1.807) is 17.8 Å². The number of amides is 1. The summed E-state index contributed by atoms with van der Waals surface area (Å²) >= 11 is 0. The lowest BCUT2D eigenvalue weighted by molar-refractivity contribution is 0.0521. The maximum Gasteiger partial charge on any atom is 0.407 e. The number of hydrogen-bond acceptors (Lipinski definition) is 5. The van der Waals surface area contributed by atoms with Crippen LogP contribution in [-0.2, 0) is 16.5 Å². The van der Waals surface area contributed by atoms with Crippen molar-refractivity contribution in [2.75, 3.05) is 7.11 Å². The third kappa shape index (κ3) is 3.74. The number of aromatic nitrogens is 2. The van der Waals surface area contributed by atoms with Gasteiger partial charge in [-0.25, -0.2) is 9.59 Å². The largest absolute Gasteiger partial charge is 0.464 e. The maximum atomic E-state index is 11.7. The van der Waals surface area contributed by atoms with Crippen molar-refractivity contribution in [1.29, 1.82) is 0 Å². The molecule has 1 aliphatic rings. The molecule has 0 spiro atoms. The summed E-state index contributed by atoms with van der Waals surface area (Å²) in [6.45, 7) is 5.46. The molecule has 0 saturated heterocycles. The van der Waals surface area contributed by atoms with E-state index < -0.39 is 17.7 Å². The molecular weight excluding hydrogens is 274 g/mol. The number of aryl methyl sites for hydroxylation is 1. The summed E-state index contributed by atoms with van der Waals surface area (Å²) in [5.41, 5.74) is 0.661. The molecule has 1 amide bonds. The summed E-state index contributed by atoms with van der Waals surface area (Å²) in [4.78, 5) is 23.2. The highest BCUT2D eigenvalue weighted by Crippen LogP contribution is 2.41. The molecule has 1 aromatic rings. The second-order valence-corrected chi connectivity index (χ2v) is 6.16. The zero-order valence-electron chi connectivity index (χ0n) is 13.0. The van der Waals surface area contributed by atoms with Gasteiger partial charge in [-0.15, -0.1) is 0 Å². The van der Waals surface area contributed by atoms with Crippen LogP contribution >= 0.6 is 0 Å². The molecule has 21 heavy (non-hydrogen) atoms. The molecule has 2 rings (SSSR count). The molecule has 0 aliphatic heterocycles. The molecule has 0 bridgehead atoms. The van der Waals surface area contributed by atoms with Crippen LogP contribution < -0.4 is 5.32 Å². The van der Waals surface area contributed by atoms with Crippen LogP contribution in [0.2, 0.25) is 0 Å². The van der Waals surface area contributed by atoms with Crippen LogP contribution in [0.25, 0.3) is 0 Å². The number of alkyl carbamates (subject to hydrolysis) is 1. The SMILES string of the molecule is COC(=O)c1cc([C@@H]2C[C@H]2NC(=O)OC(C)(C)C)n(C)n1. The minimum atomic E-state index is -0.515. The molecule has 1 heterocycles. The topological polar surface area (TPSA) is 82.5 Å². The third-order valence-corrected chi connectivity index (χ3v) is 3.18. The second kappa shape index (κ2) is 5.38. The summed E-state index contributed by atoms with van der Waals surface area (Å²) in [6, 6.07) is 1.72. The highest BCUT2D eigenvalue weighted by molar-refractivity contribution is 5.87. The van der Waals surface area contributed by atoms with Crippen molar-refractivity contribution in [2.24, 2.45) is 7.05 Å². The first-order valence-corrected chi connectivity index (χ1v) is 6.83. The number of rotatable bonds is 3. The molecule has 0 radical (unpaired) electrons. The Labute approximate surface area is 123 Å². The Morgan fingerprint density at radius 1 is 1.43 bits per heavy atom. The molecule has 116 valence electrons. The van der Waals surface area contributed by atoms with Gasteiger partial charge in [0, 0.05) is 24.7 Å². The van der Waals surface area contributed by atoms with Crippen LogP contribution in [0.4, 0.5) is 4.79 Å². The van der Waals surface area contributed by atoms with Crippen LogP contribution in [-0.4, -0.2) is 40.6 Å². The molecule has 7 heteroatoms. The highest BCUT2D eigenvalue weighted by atomic mass is 16.6. The first kappa shape index (κ1) is 15.3. The Hall–Kier alpha value is -2.05. The minimum absolute atomic E-state index is 0.0146. The predicted octanol–water partition coefficient (Wildman–Crippen LogP) is 1.59. The average molecular weight is 295 g/mol. The van der Waals surface area contributed by atoms with E-state index in [1.165, 1.54) is 7.11 Å². The van der Waals surface area contributed by atoms with Gasteiger partial charge in [-0.05, 0) is 33.3 Å². The lowest BCUT2D eigenvalue weighted by Gasteiger charge is -2.19. The van der Waals surface area contributed by atoms with E-state index in [0.717, 1.165) is 12.1 Å². The monoisotopic (exact) mass is 295 g/mol. The van der Waals surface area contributed by atoms with Crippen molar-refractivity contribution in [1.82, 2.24) is 15.1 Å². The van der Waals surface area contributed by atoms with Crippen molar-refractivity contribution in [3.63, 3.8) is 0 Å². The molecule has 2 atom stereocenters. The number of nitrogens with one attached hydrogen (secondary N) is 1. The van der Waals surface area contributed by atoms with Gasteiger partial charge < -0.3 is 14.8 Å². The number of nitrogens with zero attached hydrogens (tertiary/aromatic N) is 2. The van der Waals surface area contributed by atoms with Crippen molar-refractivity contribution in [2.45, 2.75) is 44.8 Å². The fourth-order valence-electron chi connectivity index (χ4n) is 2.17. The molecule has 1 aromatic heterocycles. The van der Waals surface area contributed by atoms with Crippen molar-refractivity contribution in [3.05, 3.63) is 17.5 Å². The van der Waals surface area contributed by atoms with Crippen LogP contribution in [0.5, 0.6) is 0 Å². The van der Waals surface area contributed by atoms with Gasteiger partial charge in [0.15, 0.2) is 5.69 Å². The fourth-order valence-corrected chi connectivity index (χ4v) is 2.17. The highest BCUT2D eigenvalue weighted by Gasteiger charge is 2.42. The van der Waals surface area contributed by atoms with E-state index in [1.807, 2.05) is 20.8 Å². The minimum Gasteiger partial charge on any atom is -0.464 e. The fraction of sp³-hybridized carbons (Fsp3) is 0.643. The zero-order valence-corrected chi connectivity index (χ0v) is 13.0. The van der Waals surface area contributed by atoms with Gasteiger partial charge in [-0.3, -0.25) is 4.68 Å². The van der Waals surface area contributed by atoms with Gasteiger partial charge >= 0.3 is 12.1 Å². The van der Waals surface area contributed by atoms with Gasteiger partial charge in [0.25, 0.3) is 0 Å². The van der Waals surface area contributed by atoms with Gasteiger partial charge in [0.05, 0.1) is 7.11 Å². The van der Waals surface area contributed by atoms with Gasteiger partial charge in [-0.1, -0.05) is 0 Å². The second-order valence-electron chi connectivity index (χ2n) is 6.16. The Morgan fingerprint density at radius 3 is 2.67 bits per heavy atom. The van der Waals surface area contributed by atoms with Crippen molar-refractivity contribution in [3.8, 4) is 0 Å². The predicted molar refractivity (Wildman–Crippen MR) is 75.1 cm³/mol. The number of carbonyl (C=O) groups excluding carboxylic acids is 2. The van der Waals surface area contributed by atoms with Gasteiger partial charge in [-0.2, -0.15) is 5.10 Å². The van der Waals surface area contributed by atoms with E-state index in [0.29, 0.717) is 0 Å². The summed E-state index contributed by atoms with van der Waals surface area (Å²) in [7, 11) is 3.09. The number of ether oxygens (including phenoxy) is 2. The summed E-state index contributed by atoms with van der Waals surface area (Å²) in [6.07, 6.45) is 0.379. The summed E-state index contributed by atoms with van der Waals surface area (Å²) in [5.74, 6) is -0.317. The Bertz CT molecular complexity index is 559. The number of carbonyl (C=O) groups is 2. The summed E-state index contributed by atoms with van der Waals surface area (Å²) < 4.78 is 11.5. The van der Waals surface area contributed by atoms with Gasteiger partial charge in [0.2, 0.25) is 0 Å². The van der Waals surface area contributed by atoms with E-state index in [9.17, 15) is 9.59 Å².